The zero-order chi connectivity index (χ0) is 25.6. The van der Waals surface area contributed by atoms with Gasteiger partial charge >= 0.3 is 170 Å². The summed E-state index contributed by atoms with van der Waals surface area (Å²) in [7, 11) is 0. The van der Waals surface area contributed by atoms with Crippen LogP contribution in [-0.4, -0.2) is 73.5 Å². The van der Waals surface area contributed by atoms with Crippen molar-refractivity contribution in [2.24, 2.45) is 0 Å². The molecule has 0 aliphatic heterocycles. The second-order valence-corrected chi connectivity index (χ2v) is 16.6. The van der Waals surface area contributed by atoms with Crippen molar-refractivity contribution in [2.75, 3.05) is 6.61 Å². The van der Waals surface area contributed by atoms with Gasteiger partial charge in [-0.3, -0.25) is 0 Å². The van der Waals surface area contributed by atoms with Gasteiger partial charge in [-0.2, -0.15) is 0 Å². The van der Waals surface area contributed by atoms with E-state index in [0.717, 1.165) is 0 Å². The summed E-state index contributed by atoms with van der Waals surface area (Å²) < 4.78 is 192. The quantitative estimate of drug-likeness (QED) is 0.194. The monoisotopic (exact) mass is 606 g/mol. The molecule has 188 valence electrons. The molecule has 31 heavy (non-hydrogen) atoms. The third kappa shape index (κ3) is 3.98. The Bertz CT molecular complexity index is 538. The Morgan fingerprint density at radius 1 is 0.548 bits per heavy atom. The van der Waals surface area contributed by atoms with E-state index in [9.17, 15) is 65.9 Å². The van der Waals surface area contributed by atoms with Gasteiger partial charge < -0.3 is 0 Å². The molecule has 0 radical (unpaired) electrons. The van der Waals surface area contributed by atoms with Gasteiger partial charge in [0.05, 0.1) is 0 Å². The van der Waals surface area contributed by atoms with Gasteiger partial charge in [0.25, 0.3) is 0 Å². The SMILES string of the molecule is CC[O][Sn]([C](F)(F)C(F)(F)C(C)F)([C](F)(F)C(F)(F)C(C)F)[C](F)(F)C(F)(F)C(C)F. The Balaban J connectivity index is 7.90. The van der Waals surface area contributed by atoms with Gasteiger partial charge in [-0.25, -0.2) is 0 Å². The van der Waals surface area contributed by atoms with Crippen LogP contribution in [0.25, 0.3) is 0 Å². The third-order valence-electron chi connectivity index (χ3n) is 4.44. The maximum absolute atomic E-state index is 14.6. The number of alkyl halides is 15. The van der Waals surface area contributed by atoms with Gasteiger partial charge in [-0.1, -0.05) is 0 Å². The molecule has 0 heterocycles. The Morgan fingerprint density at radius 3 is 0.871 bits per heavy atom. The summed E-state index contributed by atoms with van der Waals surface area (Å²) in [5.74, 6) is -20.1. The molecule has 0 N–H and O–H groups in total. The fraction of sp³-hybridized carbons (Fsp3) is 1.00. The molecule has 17 heteroatoms. The van der Waals surface area contributed by atoms with Crippen molar-refractivity contribution < 1.29 is 68.9 Å². The first-order valence-electron chi connectivity index (χ1n) is 8.22. The second kappa shape index (κ2) is 8.81. The van der Waals surface area contributed by atoms with Crippen LogP contribution in [0.2, 0.25) is 0 Å². The molecule has 0 aromatic rings. The predicted molar refractivity (Wildman–Crippen MR) is 78.8 cm³/mol. The van der Waals surface area contributed by atoms with Crippen molar-refractivity contribution in [2.45, 2.75) is 75.8 Å². The molecule has 1 nitrogen and oxygen atoms in total. The van der Waals surface area contributed by atoms with Crippen molar-refractivity contribution in [1.82, 2.24) is 0 Å². The summed E-state index contributed by atoms with van der Waals surface area (Å²) in [6, 6.07) is 0. The van der Waals surface area contributed by atoms with E-state index in [-0.39, 0.29) is 6.92 Å². The molecular weight excluding hydrogens is 588 g/mol. The molecule has 0 aromatic carbocycles. The summed E-state index contributed by atoms with van der Waals surface area (Å²) in [5, 5.41) is 0. The Morgan fingerprint density at radius 2 is 0.742 bits per heavy atom. The minimum absolute atomic E-state index is 0.235. The third-order valence-corrected chi connectivity index (χ3v) is 16.9. The molecule has 0 bridgehead atoms. The number of halogens is 15. The molecular formula is C14H17F15OSn. The van der Waals surface area contributed by atoms with Crippen LogP contribution in [0.4, 0.5) is 65.9 Å². The zero-order valence-corrected chi connectivity index (χ0v) is 18.9. The van der Waals surface area contributed by atoms with Gasteiger partial charge in [-0.05, 0) is 0 Å². The Labute approximate surface area is 170 Å². The van der Waals surface area contributed by atoms with Crippen LogP contribution < -0.4 is 0 Å². The summed E-state index contributed by atoms with van der Waals surface area (Å²) in [5.41, 5.74) is 0. The van der Waals surface area contributed by atoms with Gasteiger partial charge in [0.15, 0.2) is 0 Å². The van der Waals surface area contributed by atoms with E-state index >= 15 is 0 Å². The molecule has 0 fully saturated rings. The molecule has 3 atom stereocenters. The molecule has 0 saturated heterocycles. The van der Waals surface area contributed by atoms with Gasteiger partial charge in [0, 0.05) is 0 Å². The van der Waals surface area contributed by atoms with Crippen LogP contribution in [0.5, 0.6) is 0 Å². The van der Waals surface area contributed by atoms with Crippen molar-refractivity contribution in [3.63, 3.8) is 0 Å². The van der Waals surface area contributed by atoms with Crippen LogP contribution in [0.3, 0.4) is 0 Å². The molecule has 3 unspecified atom stereocenters. The average Bonchev–Trinajstić information content (AvgIpc) is 2.57. The molecule has 0 aromatic heterocycles. The average molecular weight is 605 g/mol. The van der Waals surface area contributed by atoms with E-state index in [1.165, 1.54) is 0 Å². The first-order valence-corrected chi connectivity index (χ1v) is 13.7. The predicted octanol–water partition coefficient (Wildman–Crippen LogP) is 6.47. The van der Waals surface area contributed by atoms with Crippen LogP contribution >= 0.6 is 0 Å². The first-order chi connectivity index (χ1) is 13.4. The summed E-state index contributed by atoms with van der Waals surface area (Å²) in [6.45, 7) is -3.21. The first kappa shape index (κ1) is 30.7. The zero-order valence-electron chi connectivity index (χ0n) is 16.0. The van der Waals surface area contributed by atoms with Crippen molar-refractivity contribution >= 4 is 18.8 Å². The molecule has 0 spiro atoms. The van der Waals surface area contributed by atoms with E-state index in [1.54, 1.807) is 0 Å². The Kier molecular flexibility index (Phi) is 8.73. The summed E-state index contributed by atoms with van der Waals surface area (Å²) in [6.07, 6.45) is -13.0. The van der Waals surface area contributed by atoms with E-state index < -0.39 is 94.3 Å². The standard InChI is InChI=1S/3C4H4F5.C2H5O.Sn/c3*1-2(5)4(8,9)3(6)7;1-2-3;/h3*2H,1H3;2H2,1H3;/q;;;-1;+1. The number of rotatable bonds is 11. The minimum atomic E-state index is -10.7. The molecule has 0 aliphatic rings. The molecule has 0 amide bonds. The molecule has 0 saturated carbocycles. The molecule has 0 aliphatic carbocycles. The molecule has 0 rings (SSSR count). The normalized spacial score (nSPS) is 20.2. The van der Waals surface area contributed by atoms with Crippen molar-refractivity contribution in [1.29, 1.82) is 0 Å². The van der Waals surface area contributed by atoms with Crippen LogP contribution in [-0.2, 0) is 3.07 Å². The summed E-state index contributed by atoms with van der Waals surface area (Å²) in [4.78, 5) is 0. The fourth-order valence-electron chi connectivity index (χ4n) is 2.53. The van der Waals surface area contributed by atoms with Crippen LogP contribution in [0, 0.1) is 0 Å². The number of hydrogen-bond donors (Lipinski definition) is 0. The van der Waals surface area contributed by atoms with Crippen LogP contribution in [0.1, 0.15) is 27.7 Å². The second-order valence-electron chi connectivity index (χ2n) is 6.55. The van der Waals surface area contributed by atoms with Gasteiger partial charge in [-0.15, -0.1) is 0 Å². The number of hydrogen-bond acceptors (Lipinski definition) is 1. The summed E-state index contributed by atoms with van der Waals surface area (Å²) >= 11 is -10.7. The Hall–Kier alpha value is -0.291. The topological polar surface area (TPSA) is 9.23 Å². The van der Waals surface area contributed by atoms with Crippen molar-refractivity contribution in [3.05, 3.63) is 0 Å². The van der Waals surface area contributed by atoms with E-state index in [2.05, 4.69) is 3.07 Å². The van der Waals surface area contributed by atoms with Crippen LogP contribution in [0.15, 0.2) is 0 Å². The van der Waals surface area contributed by atoms with Crippen molar-refractivity contribution in [3.8, 4) is 0 Å². The maximum atomic E-state index is 14.6. The van der Waals surface area contributed by atoms with E-state index in [1.807, 2.05) is 0 Å². The van der Waals surface area contributed by atoms with Gasteiger partial charge in [0.1, 0.15) is 0 Å². The van der Waals surface area contributed by atoms with E-state index in [0.29, 0.717) is 0 Å². The van der Waals surface area contributed by atoms with E-state index in [4.69, 9.17) is 0 Å². The fourth-order valence-corrected chi connectivity index (χ4v) is 14.4. The van der Waals surface area contributed by atoms with Gasteiger partial charge in [0.2, 0.25) is 0 Å².